The standard InChI is InChI=1S/C11H12F2N2O5S/c1-6(5-21(2,19)20)14-11(16)7-3-8(12)9(13)4-10(7)15(17)18/h3-4,6H,5H2,1-2H3,(H,14,16). The van der Waals surface area contributed by atoms with Crippen LogP contribution in [0.1, 0.15) is 17.3 Å². The van der Waals surface area contributed by atoms with E-state index in [2.05, 4.69) is 5.32 Å². The Balaban J connectivity index is 3.07. The Kier molecular flexibility index (Phi) is 4.94. The number of hydrogen-bond acceptors (Lipinski definition) is 5. The van der Waals surface area contributed by atoms with Gasteiger partial charge >= 0.3 is 0 Å². The largest absolute Gasteiger partial charge is 0.348 e. The molecule has 0 bridgehead atoms. The molecule has 0 spiro atoms. The third-order valence-electron chi connectivity index (χ3n) is 2.41. The lowest BCUT2D eigenvalue weighted by molar-refractivity contribution is -0.385. The van der Waals surface area contributed by atoms with Crippen molar-refractivity contribution in [2.75, 3.05) is 12.0 Å². The Hall–Kier alpha value is -2.10. The molecule has 0 radical (unpaired) electrons. The van der Waals surface area contributed by atoms with Gasteiger partial charge in [-0.1, -0.05) is 0 Å². The molecule has 1 amide bonds. The summed E-state index contributed by atoms with van der Waals surface area (Å²) in [5.74, 6) is -4.32. The van der Waals surface area contributed by atoms with Crippen LogP contribution in [0.25, 0.3) is 0 Å². The first-order chi connectivity index (χ1) is 9.51. The van der Waals surface area contributed by atoms with Gasteiger partial charge in [-0.15, -0.1) is 0 Å². The van der Waals surface area contributed by atoms with Crippen molar-refractivity contribution in [1.29, 1.82) is 0 Å². The van der Waals surface area contributed by atoms with Gasteiger partial charge in [-0.2, -0.15) is 0 Å². The van der Waals surface area contributed by atoms with Gasteiger partial charge in [0.05, 0.1) is 16.7 Å². The van der Waals surface area contributed by atoms with Crippen molar-refractivity contribution in [3.05, 3.63) is 39.4 Å². The molecular formula is C11H12F2N2O5S. The van der Waals surface area contributed by atoms with Crippen LogP contribution in [0.15, 0.2) is 12.1 Å². The van der Waals surface area contributed by atoms with Crippen molar-refractivity contribution in [3.63, 3.8) is 0 Å². The number of nitro benzene ring substituents is 1. The molecule has 1 rings (SSSR count). The number of rotatable bonds is 5. The van der Waals surface area contributed by atoms with Crippen LogP contribution in [0.3, 0.4) is 0 Å². The maximum Gasteiger partial charge on any atom is 0.285 e. The molecule has 0 heterocycles. The Bertz CT molecular complexity index is 690. The molecule has 1 aromatic carbocycles. The number of sulfone groups is 1. The summed E-state index contributed by atoms with van der Waals surface area (Å²) in [5.41, 5.74) is -1.59. The predicted octanol–water partition coefficient (Wildman–Crippen LogP) is 1.04. The number of nitro groups is 1. The average Bonchev–Trinajstić information content (AvgIpc) is 2.28. The zero-order valence-corrected chi connectivity index (χ0v) is 11.9. The van der Waals surface area contributed by atoms with Gasteiger partial charge in [-0.05, 0) is 13.0 Å². The normalized spacial score (nSPS) is 12.8. The van der Waals surface area contributed by atoms with E-state index in [4.69, 9.17) is 0 Å². The summed E-state index contributed by atoms with van der Waals surface area (Å²) in [5, 5.41) is 12.9. The highest BCUT2D eigenvalue weighted by Crippen LogP contribution is 2.22. The van der Waals surface area contributed by atoms with Crippen LogP contribution < -0.4 is 5.32 Å². The highest BCUT2D eigenvalue weighted by Gasteiger charge is 2.25. The fourth-order valence-corrected chi connectivity index (χ4v) is 2.66. The van der Waals surface area contributed by atoms with Crippen molar-refractivity contribution in [2.24, 2.45) is 0 Å². The number of nitrogens with zero attached hydrogens (tertiary/aromatic N) is 1. The number of carbonyl (C=O) groups excluding carboxylic acids is 1. The van der Waals surface area contributed by atoms with Gasteiger partial charge in [0, 0.05) is 12.3 Å². The van der Waals surface area contributed by atoms with Crippen LogP contribution in [0, 0.1) is 21.7 Å². The Morgan fingerprint density at radius 3 is 2.38 bits per heavy atom. The second-order valence-electron chi connectivity index (χ2n) is 4.51. The lowest BCUT2D eigenvalue weighted by atomic mass is 10.1. The summed E-state index contributed by atoms with van der Waals surface area (Å²) in [4.78, 5) is 21.5. The van der Waals surface area contributed by atoms with E-state index in [-0.39, 0.29) is 0 Å². The SMILES string of the molecule is CC(CS(C)(=O)=O)NC(=O)c1cc(F)c(F)cc1[N+](=O)[O-]. The van der Waals surface area contributed by atoms with E-state index in [1.54, 1.807) is 0 Å². The second kappa shape index (κ2) is 6.12. The van der Waals surface area contributed by atoms with Crippen LogP contribution in [0.5, 0.6) is 0 Å². The summed E-state index contributed by atoms with van der Waals surface area (Å²) < 4.78 is 48.2. The summed E-state index contributed by atoms with van der Waals surface area (Å²) in [6.07, 6.45) is 0.954. The number of benzene rings is 1. The fraction of sp³-hybridized carbons (Fsp3) is 0.364. The quantitative estimate of drug-likeness (QED) is 0.644. The van der Waals surface area contributed by atoms with Gasteiger partial charge in [0.15, 0.2) is 11.6 Å². The van der Waals surface area contributed by atoms with Gasteiger partial charge in [0.25, 0.3) is 11.6 Å². The minimum absolute atomic E-state index is 0.297. The van der Waals surface area contributed by atoms with Crippen LogP contribution in [-0.2, 0) is 9.84 Å². The minimum atomic E-state index is -3.38. The molecule has 0 aliphatic rings. The molecule has 0 aliphatic carbocycles. The van der Waals surface area contributed by atoms with Crippen LogP contribution in [0.4, 0.5) is 14.5 Å². The molecule has 1 unspecified atom stereocenters. The number of nitrogens with one attached hydrogen (secondary N) is 1. The van der Waals surface area contributed by atoms with E-state index in [9.17, 15) is 32.1 Å². The molecule has 21 heavy (non-hydrogen) atoms. The molecule has 1 aromatic rings. The fourth-order valence-electron chi connectivity index (χ4n) is 1.67. The molecule has 10 heteroatoms. The van der Waals surface area contributed by atoms with Crippen molar-refractivity contribution >= 4 is 21.4 Å². The predicted molar refractivity (Wildman–Crippen MR) is 69.7 cm³/mol. The van der Waals surface area contributed by atoms with Gasteiger partial charge in [0.2, 0.25) is 0 Å². The molecule has 1 N–H and O–H groups in total. The van der Waals surface area contributed by atoms with Crippen LogP contribution >= 0.6 is 0 Å². The molecular weight excluding hydrogens is 310 g/mol. The molecule has 0 saturated carbocycles. The topological polar surface area (TPSA) is 106 Å². The number of carbonyl (C=O) groups is 1. The molecule has 1 atom stereocenters. The zero-order valence-electron chi connectivity index (χ0n) is 11.1. The average molecular weight is 322 g/mol. The molecule has 0 aromatic heterocycles. The highest BCUT2D eigenvalue weighted by atomic mass is 32.2. The van der Waals surface area contributed by atoms with Gasteiger partial charge in [0.1, 0.15) is 15.4 Å². The van der Waals surface area contributed by atoms with Crippen molar-refractivity contribution in [2.45, 2.75) is 13.0 Å². The minimum Gasteiger partial charge on any atom is -0.348 e. The Morgan fingerprint density at radius 1 is 1.38 bits per heavy atom. The van der Waals surface area contributed by atoms with E-state index in [0.29, 0.717) is 12.1 Å². The lowest BCUT2D eigenvalue weighted by Crippen LogP contribution is -2.37. The third kappa shape index (κ3) is 4.74. The summed E-state index contributed by atoms with van der Waals surface area (Å²) in [7, 11) is -3.38. The molecule has 0 aliphatic heterocycles. The van der Waals surface area contributed by atoms with Gasteiger partial charge in [-0.3, -0.25) is 14.9 Å². The van der Waals surface area contributed by atoms with Gasteiger partial charge in [-0.25, -0.2) is 17.2 Å². The number of amides is 1. The van der Waals surface area contributed by atoms with Crippen molar-refractivity contribution in [3.8, 4) is 0 Å². The molecule has 116 valence electrons. The van der Waals surface area contributed by atoms with E-state index in [1.165, 1.54) is 6.92 Å². The summed E-state index contributed by atoms with van der Waals surface area (Å²) in [6.45, 7) is 1.37. The maximum absolute atomic E-state index is 13.1. The van der Waals surface area contributed by atoms with E-state index >= 15 is 0 Å². The molecule has 0 saturated heterocycles. The first-order valence-electron chi connectivity index (χ1n) is 5.63. The monoisotopic (exact) mass is 322 g/mol. The van der Waals surface area contributed by atoms with Crippen molar-refractivity contribution < 1.29 is 26.9 Å². The third-order valence-corrected chi connectivity index (χ3v) is 3.52. The highest BCUT2D eigenvalue weighted by molar-refractivity contribution is 7.90. The zero-order chi connectivity index (χ0) is 16.4. The first-order valence-corrected chi connectivity index (χ1v) is 7.69. The van der Waals surface area contributed by atoms with Gasteiger partial charge < -0.3 is 5.32 Å². The van der Waals surface area contributed by atoms with E-state index in [1.807, 2.05) is 0 Å². The van der Waals surface area contributed by atoms with E-state index < -0.39 is 55.3 Å². The first kappa shape index (κ1) is 17.0. The van der Waals surface area contributed by atoms with E-state index in [0.717, 1.165) is 6.26 Å². The Morgan fingerprint density at radius 2 is 1.90 bits per heavy atom. The Labute approximate surface area is 119 Å². The van der Waals surface area contributed by atoms with Crippen molar-refractivity contribution in [1.82, 2.24) is 5.32 Å². The molecule has 7 nitrogen and oxygen atoms in total. The van der Waals surface area contributed by atoms with Crippen LogP contribution in [0.2, 0.25) is 0 Å². The second-order valence-corrected chi connectivity index (χ2v) is 6.69. The number of halogens is 2. The number of hydrogen-bond donors (Lipinski definition) is 1. The summed E-state index contributed by atoms with van der Waals surface area (Å²) >= 11 is 0. The molecule has 0 fully saturated rings. The van der Waals surface area contributed by atoms with Crippen LogP contribution in [-0.4, -0.2) is 37.3 Å². The lowest BCUT2D eigenvalue weighted by Gasteiger charge is -2.13. The smallest absolute Gasteiger partial charge is 0.285 e. The maximum atomic E-state index is 13.1. The summed E-state index contributed by atoms with van der Waals surface area (Å²) in [6, 6.07) is -0.151.